The van der Waals surface area contributed by atoms with Crippen LogP contribution in [0.5, 0.6) is 0 Å². The molecule has 0 N–H and O–H groups in total. The Labute approximate surface area is 132 Å². The maximum Gasteiger partial charge on any atom is 0.338 e. The Kier molecular flexibility index (Phi) is 6.24. The molecule has 22 heavy (non-hydrogen) atoms. The van der Waals surface area contributed by atoms with Crippen LogP contribution in [0.2, 0.25) is 0 Å². The number of epoxide rings is 1. The summed E-state index contributed by atoms with van der Waals surface area (Å²) in [5, 5.41) is 0. The summed E-state index contributed by atoms with van der Waals surface area (Å²) in [6, 6.07) is 0. The van der Waals surface area contributed by atoms with Gasteiger partial charge in [-0.3, -0.25) is 4.79 Å². The second-order valence-electron chi connectivity index (χ2n) is 6.32. The molecule has 1 saturated carbocycles. The van der Waals surface area contributed by atoms with Crippen LogP contribution in [0.3, 0.4) is 0 Å². The van der Waals surface area contributed by atoms with Gasteiger partial charge in [0.2, 0.25) is 0 Å². The summed E-state index contributed by atoms with van der Waals surface area (Å²) in [7, 11) is 1.43. The third-order valence-corrected chi connectivity index (χ3v) is 4.95. The van der Waals surface area contributed by atoms with Crippen molar-refractivity contribution < 1.29 is 23.8 Å². The van der Waals surface area contributed by atoms with Crippen LogP contribution in [0.15, 0.2) is 0 Å². The molecule has 2 rings (SSSR count). The molecule has 0 bridgehead atoms. The fourth-order valence-electron chi connectivity index (χ4n) is 3.73. The molecular formula is C17H28O5. The predicted molar refractivity (Wildman–Crippen MR) is 81.3 cm³/mol. The molecule has 0 aromatic carbocycles. The topological polar surface area (TPSA) is 65.1 Å². The van der Waals surface area contributed by atoms with Crippen molar-refractivity contribution in [2.45, 2.75) is 76.4 Å². The van der Waals surface area contributed by atoms with Gasteiger partial charge in [-0.05, 0) is 38.5 Å². The molecule has 2 aliphatic rings. The van der Waals surface area contributed by atoms with Crippen molar-refractivity contribution in [1.29, 1.82) is 0 Å². The third kappa shape index (κ3) is 4.00. The molecule has 1 saturated heterocycles. The molecule has 1 aliphatic heterocycles. The highest BCUT2D eigenvalue weighted by Crippen LogP contribution is 2.55. The number of ether oxygens (including phenoxy) is 3. The molecule has 3 unspecified atom stereocenters. The molecule has 5 heteroatoms. The Morgan fingerprint density at radius 1 is 1.23 bits per heavy atom. The van der Waals surface area contributed by atoms with Gasteiger partial charge in [0.1, 0.15) is 5.60 Å². The largest absolute Gasteiger partial charge is 0.469 e. The van der Waals surface area contributed by atoms with Crippen molar-refractivity contribution in [2.24, 2.45) is 5.92 Å². The van der Waals surface area contributed by atoms with E-state index >= 15 is 0 Å². The Balaban J connectivity index is 1.64. The van der Waals surface area contributed by atoms with Gasteiger partial charge in [-0.25, -0.2) is 4.79 Å². The van der Waals surface area contributed by atoms with Gasteiger partial charge in [-0.1, -0.05) is 25.7 Å². The molecule has 2 fully saturated rings. The van der Waals surface area contributed by atoms with E-state index in [4.69, 9.17) is 9.47 Å². The fourth-order valence-corrected chi connectivity index (χ4v) is 3.73. The average molecular weight is 312 g/mol. The molecule has 0 radical (unpaired) electrons. The Hall–Kier alpha value is -1.10. The highest BCUT2D eigenvalue weighted by atomic mass is 16.7. The minimum absolute atomic E-state index is 0.126. The van der Waals surface area contributed by atoms with E-state index in [2.05, 4.69) is 4.74 Å². The van der Waals surface area contributed by atoms with Crippen LogP contribution < -0.4 is 0 Å². The van der Waals surface area contributed by atoms with Gasteiger partial charge >= 0.3 is 11.9 Å². The lowest BCUT2D eigenvalue weighted by atomic mass is 9.87. The van der Waals surface area contributed by atoms with E-state index < -0.39 is 0 Å². The third-order valence-electron chi connectivity index (χ3n) is 4.95. The molecule has 0 amide bonds. The maximum absolute atomic E-state index is 11.8. The number of methoxy groups -OCH3 is 1. The highest BCUT2D eigenvalue weighted by Gasteiger charge is 2.66. The SMILES string of the molecule is CCOC(=O)C1OC12CCCC2CCCCCCC(=O)OC. The quantitative estimate of drug-likeness (QED) is 0.372. The average Bonchev–Trinajstić information content (AvgIpc) is 3.10. The van der Waals surface area contributed by atoms with Crippen LogP contribution in [0.1, 0.15) is 64.7 Å². The predicted octanol–water partition coefficient (Wildman–Crippen LogP) is 3.00. The number of hydrogen-bond acceptors (Lipinski definition) is 5. The monoisotopic (exact) mass is 312 g/mol. The second-order valence-corrected chi connectivity index (χ2v) is 6.32. The van der Waals surface area contributed by atoms with E-state index in [1.807, 2.05) is 6.92 Å². The molecule has 0 aromatic heterocycles. The van der Waals surface area contributed by atoms with Gasteiger partial charge in [0.15, 0.2) is 6.10 Å². The molecular weight excluding hydrogens is 284 g/mol. The zero-order valence-electron chi connectivity index (χ0n) is 13.8. The number of esters is 2. The summed E-state index contributed by atoms with van der Waals surface area (Å²) < 4.78 is 15.5. The minimum Gasteiger partial charge on any atom is -0.469 e. The summed E-state index contributed by atoms with van der Waals surface area (Å²) in [5.41, 5.74) is -0.210. The van der Waals surface area contributed by atoms with E-state index in [0.717, 1.165) is 51.4 Å². The van der Waals surface area contributed by atoms with E-state index in [9.17, 15) is 9.59 Å². The Morgan fingerprint density at radius 3 is 2.73 bits per heavy atom. The molecule has 5 nitrogen and oxygen atoms in total. The fraction of sp³-hybridized carbons (Fsp3) is 0.882. The highest BCUT2D eigenvalue weighted by molar-refractivity contribution is 5.79. The van der Waals surface area contributed by atoms with Gasteiger partial charge < -0.3 is 14.2 Å². The van der Waals surface area contributed by atoms with Crippen LogP contribution in [0.4, 0.5) is 0 Å². The molecule has 1 spiro atoms. The van der Waals surface area contributed by atoms with Crippen LogP contribution in [0, 0.1) is 5.92 Å². The van der Waals surface area contributed by atoms with Crippen molar-refractivity contribution in [3.8, 4) is 0 Å². The van der Waals surface area contributed by atoms with Crippen LogP contribution in [-0.4, -0.2) is 37.4 Å². The van der Waals surface area contributed by atoms with E-state index in [1.54, 1.807) is 0 Å². The lowest BCUT2D eigenvalue weighted by molar-refractivity contribution is -0.144. The molecule has 1 aliphatic carbocycles. The molecule has 126 valence electrons. The summed E-state index contributed by atoms with van der Waals surface area (Å²) in [4.78, 5) is 22.8. The van der Waals surface area contributed by atoms with Crippen molar-refractivity contribution in [1.82, 2.24) is 0 Å². The molecule has 3 atom stereocenters. The summed E-state index contributed by atoms with van der Waals surface area (Å²) in [6.45, 7) is 2.24. The Morgan fingerprint density at radius 2 is 2.00 bits per heavy atom. The lowest BCUT2D eigenvalue weighted by Gasteiger charge is -2.15. The van der Waals surface area contributed by atoms with Crippen LogP contribution >= 0.6 is 0 Å². The maximum atomic E-state index is 11.8. The first-order chi connectivity index (χ1) is 10.6. The molecule has 1 heterocycles. The van der Waals surface area contributed by atoms with Gasteiger partial charge in [0.05, 0.1) is 13.7 Å². The summed E-state index contributed by atoms with van der Waals surface area (Å²) >= 11 is 0. The number of rotatable bonds is 9. The normalized spacial score (nSPS) is 29.5. The van der Waals surface area contributed by atoms with Gasteiger partial charge in [-0.15, -0.1) is 0 Å². The van der Waals surface area contributed by atoms with E-state index in [0.29, 0.717) is 18.9 Å². The zero-order valence-corrected chi connectivity index (χ0v) is 13.8. The lowest BCUT2D eigenvalue weighted by Crippen LogP contribution is -2.26. The van der Waals surface area contributed by atoms with Gasteiger partial charge in [0.25, 0.3) is 0 Å². The van der Waals surface area contributed by atoms with Crippen LogP contribution in [-0.2, 0) is 23.8 Å². The number of carbonyl (C=O) groups excluding carboxylic acids is 2. The first kappa shape index (κ1) is 17.3. The van der Waals surface area contributed by atoms with Crippen LogP contribution in [0.25, 0.3) is 0 Å². The number of carbonyl (C=O) groups is 2. The van der Waals surface area contributed by atoms with E-state index in [-0.39, 0.29) is 23.6 Å². The summed E-state index contributed by atoms with van der Waals surface area (Å²) in [5.74, 6) is 0.174. The van der Waals surface area contributed by atoms with Crippen molar-refractivity contribution in [3.05, 3.63) is 0 Å². The van der Waals surface area contributed by atoms with Crippen molar-refractivity contribution >= 4 is 11.9 Å². The number of unbranched alkanes of at least 4 members (excludes halogenated alkanes) is 3. The number of hydrogen-bond donors (Lipinski definition) is 0. The molecule has 0 aromatic rings. The summed E-state index contributed by atoms with van der Waals surface area (Å²) in [6.07, 6.45) is 8.78. The van der Waals surface area contributed by atoms with Crippen molar-refractivity contribution in [3.63, 3.8) is 0 Å². The standard InChI is InChI=1S/C17H28O5/c1-3-21-16(19)15-17(22-15)12-8-10-13(17)9-6-4-5-7-11-14(18)20-2/h13,15H,3-12H2,1-2H3. The van der Waals surface area contributed by atoms with Crippen molar-refractivity contribution in [2.75, 3.05) is 13.7 Å². The zero-order chi connectivity index (χ0) is 16.0. The first-order valence-electron chi connectivity index (χ1n) is 8.55. The first-order valence-corrected chi connectivity index (χ1v) is 8.55. The van der Waals surface area contributed by atoms with Gasteiger partial charge in [0, 0.05) is 6.42 Å². The van der Waals surface area contributed by atoms with Gasteiger partial charge in [-0.2, -0.15) is 0 Å². The smallest absolute Gasteiger partial charge is 0.338 e. The Bertz CT molecular complexity index is 395. The minimum atomic E-state index is -0.320. The second kappa shape index (κ2) is 7.95. The van der Waals surface area contributed by atoms with E-state index in [1.165, 1.54) is 7.11 Å².